The second kappa shape index (κ2) is 3.97. The van der Waals surface area contributed by atoms with E-state index in [1.807, 2.05) is 0 Å². The standard InChI is InChI=1S/C9H8N4O3/c1-16-8-2-7(3-10-4-8)12-5-9(11-6-12)13(14)15/h2-6H,1H3. The van der Waals surface area contributed by atoms with Crippen LogP contribution in [0.1, 0.15) is 0 Å². The van der Waals surface area contributed by atoms with Crippen LogP contribution in [0, 0.1) is 10.1 Å². The minimum Gasteiger partial charge on any atom is -0.495 e. The minimum absolute atomic E-state index is 0.206. The molecular formula is C9H8N4O3. The van der Waals surface area contributed by atoms with Crippen LogP contribution in [0.3, 0.4) is 0 Å². The number of methoxy groups -OCH3 is 1. The first kappa shape index (κ1) is 10.1. The molecule has 0 radical (unpaired) electrons. The van der Waals surface area contributed by atoms with E-state index < -0.39 is 4.92 Å². The molecule has 0 aliphatic rings. The maximum atomic E-state index is 10.5. The summed E-state index contributed by atoms with van der Waals surface area (Å²) >= 11 is 0. The fourth-order valence-corrected chi connectivity index (χ4v) is 1.21. The van der Waals surface area contributed by atoms with E-state index in [1.54, 1.807) is 18.5 Å². The van der Waals surface area contributed by atoms with Gasteiger partial charge in [-0.2, -0.15) is 0 Å². The first-order valence-electron chi connectivity index (χ1n) is 4.38. The van der Waals surface area contributed by atoms with Gasteiger partial charge in [0, 0.05) is 6.07 Å². The Hall–Kier alpha value is -2.44. The lowest BCUT2D eigenvalue weighted by atomic mass is 10.4. The fourth-order valence-electron chi connectivity index (χ4n) is 1.21. The van der Waals surface area contributed by atoms with Gasteiger partial charge in [-0.15, -0.1) is 0 Å². The van der Waals surface area contributed by atoms with E-state index >= 15 is 0 Å². The predicted molar refractivity (Wildman–Crippen MR) is 54.6 cm³/mol. The number of nitrogens with zero attached hydrogens (tertiary/aromatic N) is 4. The lowest BCUT2D eigenvalue weighted by Gasteiger charge is -2.02. The molecule has 0 aromatic carbocycles. The normalized spacial score (nSPS) is 10.1. The topological polar surface area (TPSA) is 83.1 Å². The van der Waals surface area contributed by atoms with E-state index in [1.165, 1.54) is 24.2 Å². The van der Waals surface area contributed by atoms with Crippen LogP contribution in [0.4, 0.5) is 5.82 Å². The monoisotopic (exact) mass is 220 g/mol. The van der Waals surface area contributed by atoms with Gasteiger partial charge in [0.15, 0.2) is 0 Å². The average Bonchev–Trinajstić information content (AvgIpc) is 2.78. The molecule has 0 saturated carbocycles. The van der Waals surface area contributed by atoms with E-state index in [-0.39, 0.29) is 5.82 Å². The average molecular weight is 220 g/mol. The number of pyridine rings is 1. The SMILES string of the molecule is COc1cncc(-n2cnc([N+](=O)[O-])c2)c1. The van der Waals surface area contributed by atoms with E-state index in [0.717, 1.165) is 0 Å². The summed E-state index contributed by atoms with van der Waals surface area (Å²) < 4.78 is 6.51. The number of hydrogen-bond donors (Lipinski definition) is 0. The molecule has 0 N–H and O–H groups in total. The number of rotatable bonds is 3. The Balaban J connectivity index is 2.38. The van der Waals surface area contributed by atoms with Crippen LogP contribution >= 0.6 is 0 Å². The highest BCUT2D eigenvalue weighted by atomic mass is 16.6. The van der Waals surface area contributed by atoms with Gasteiger partial charge in [0.1, 0.15) is 11.9 Å². The van der Waals surface area contributed by atoms with Crippen LogP contribution in [0.2, 0.25) is 0 Å². The van der Waals surface area contributed by atoms with Gasteiger partial charge in [0.05, 0.1) is 25.2 Å². The van der Waals surface area contributed by atoms with Gasteiger partial charge in [-0.05, 0) is 9.91 Å². The Bertz CT molecular complexity index is 523. The maximum Gasteiger partial charge on any atom is 0.381 e. The molecule has 0 bridgehead atoms. The lowest BCUT2D eigenvalue weighted by Crippen LogP contribution is -1.93. The third-order valence-electron chi connectivity index (χ3n) is 1.99. The highest BCUT2D eigenvalue weighted by Crippen LogP contribution is 2.16. The van der Waals surface area contributed by atoms with Crippen LogP contribution in [0.15, 0.2) is 31.0 Å². The molecule has 7 heteroatoms. The summed E-state index contributed by atoms with van der Waals surface area (Å²) in [5.74, 6) is 0.372. The van der Waals surface area contributed by atoms with Crippen LogP contribution < -0.4 is 4.74 Å². The molecule has 0 atom stereocenters. The Kier molecular flexibility index (Phi) is 2.50. The Morgan fingerprint density at radius 2 is 2.31 bits per heavy atom. The van der Waals surface area contributed by atoms with Crippen LogP contribution in [-0.4, -0.2) is 26.6 Å². The second-order valence-corrected chi connectivity index (χ2v) is 2.98. The summed E-state index contributed by atoms with van der Waals surface area (Å²) in [6.45, 7) is 0. The smallest absolute Gasteiger partial charge is 0.381 e. The highest BCUT2D eigenvalue weighted by Gasteiger charge is 2.11. The molecule has 2 heterocycles. The first-order valence-corrected chi connectivity index (χ1v) is 4.38. The van der Waals surface area contributed by atoms with Crippen molar-refractivity contribution in [2.75, 3.05) is 7.11 Å². The van der Waals surface area contributed by atoms with Crippen LogP contribution in [0.5, 0.6) is 5.75 Å². The zero-order valence-electron chi connectivity index (χ0n) is 8.40. The van der Waals surface area contributed by atoms with E-state index in [0.29, 0.717) is 11.4 Å². The third kappa shape index (κ3) is 1.83. The second-order valence-electron chi connectivity index (χ2n) is 2.98. The quantitative estimate of drug-likeness (QED) is 0.573. The molecule has 0 unspecified atom stereocenters. The molecule has 0 amide bonds. The number of imidazole rings is 1. The third-order valence-corrected chi connectivity index (χ3v) is 1.99. The summed E-state index contributed by atoms with van der Waals surface area (Å²) in [4.78, 5) is 17.5. The van der Waals surface area contributed by atoms with Gasteiger partial charge < -0.3 is 14.9 Å². The molecule has 2 rings (SSSR count). The van der Waals surface area contributed by atoms with Crippen LogP contribution in [0.25, 0.3) is 5.69 Å². The largest absolute Gasteiger partial charge is 0.495 e. The summed E-state index contributed by atoms with van der Waals surface area (Å²) in [5.41, 5.74) is 0.653. The molecule has 2 aromatic rings. The molecular weight excluding hydrogens is 212 g/mol. The molecule has 0 spiro atoms. The molecule has 0 saturated heterocycles. The van der Waals surface area contributed by atoms with Crippen LogP contribution in [-0.2, 0) is 0 Å². The van der Waals surface area contributed by atoms with Gasteiger partial charge in [0.2, 0.25) is 6.33 Å². The van der Waals surface area contributed by atoms with Crippen molar-refractivity contribution in [3.8, 4) is 11.4 Å². The Morgan fingerprint density at radius 3 is 2.94 bits per heavy atom. The zero-order chi connectivity index (χ0) is 11.5. The predicted octanol–water partition coefficient (Wildman–Crippen LogP) is 1.18. The van der Waals surface area contributed by atoms with Crippen molar-refractivity contribution in [3.63, 3.8) is 0 Å². The van der Waals surface area contributed by atoms with Gasteiger partial charge in [-0.25, -0.2) is 0 Å². The van der Waals surface area contributed by atoms with E-state index in [9.17, 15) is 10.1 Å². The summed E-state index contributed by atoms with van der Waals surface area (Å²) in [6.07, 6.45) is 5.79. The molecule has 2 aromatic heterocycles. The molecule has 0 aliphatic heterocycles. The van der Waals surface area contributed by atoms with E-state index in [2.05, 4.69) is 9.97 Å². The number of ether oxygens (including phenoxy) is 1. The first-order chi connectivity index (χ1) is 7.70. The molecule has 82 valence electrons. The Morgan fingerprint density at radius 1 is 1.50 bits per heavy atom. The summed E-state index contributed by atoms with van der Waals surface area (Å²) in [6, 6.07) is 1.71. The zero-order valence-corrected chi connectivity index (χ0v) is 8.40. The molecule has 0 fully saturated rings. The van der Waals surface area contributed by atoms with Crippen molar-refractivity contribution in [2.45, 2.75) is 0 Å². The van der Waals surface area contributed by atoms with Gasteiger partial charge >= 0.3 is 5.82 Å². The van der Waals surface area contributed by atoms with Crippen molar-refractivity contribution >= 4 is 5.82 Å². The molecule has 7 nitrogen and oxygen atoms in total. The fraction of sp³-hybridized carbons (Fsp3) is 0.111. The van der Waals surface area contributed by atoms with Gasteiger partial charge in [-0.3, -0.25) is 9.55 Å². The molecule has 0 aliphatic carbocycles. The minimum atomic E-state index is -0.551. The van der Waals surface area contributed by atoms with Crippen molar-refractivity contribution in [3.05, 3.63) is 41.1 Å². The van der Waals surface area contributed by atoms with Crippen molar-refractivity contribution < 1.29 is 9.66 Å². The number of nitro groups is 1. The maximum absolute atomic E-state index is 10.5. The van der Waals surface area contributed by atoms with Crippen molar-refractivity contribution in [1.82, 2.24) is 14.5 Å². The highest BCUT2D eigenvalue weighted by molar-refractivity contribution is 5.37. The van der Waals surface area contributed by atoms with Crippen molar-refractivity contribution in [1.29, 1.82) is 0 Å². The van der Waals surface area contributed by atoms with Gasteiger partial charge in [0.25, 0.3) is 0 Å². The summed E-state index contributed by atoms with van der Waals surface area (Å²) in [7, 11) is 1.52. The van der Waals surface area contributed by atoms with Gasteiger partial charge in [-0.1, -0.05) is 0 Å². The van der Waals surface area contributed by atoms with Crippen molar-refractivity contribution in [2.24, 2.45) is 0 Å². The Labute approximate surface area is 90.5 Å². The summed E-state index contributed by atoms with van der Waals surface area (Å²) in [5, 5.41) is 10.5. The molecule has 16 heavy (non-hydrogen) atoms. The lowest BCUT2D eigenvalue weighted by molar-refractivity contribution is -0.389. The number of hydrogen-bond acceptors (Lipinski definition) is 5. The number of aromatic nitrogens is 3. The van der Waals surface area contributed by atoms with E-state index in [4.69, 9.17) is 4.74 Å².